The number of furan rings is 2. The molecule has 3 aromatic heterocycles. The van der Waals surface area contributed by atoms with Gasteiger partial charge in [-0.1, -0.05) is 72.8 Å². The molecule has 47 heavy (non-hydrogen) atoms. The van der Waals surface area contributed by atoms with E-state index in [1.807, 2.05) is 54.6 Å². The van der Waals surface area contributed by atoms with E-state index in [1.165, 1.54) is 5.56 Å². The lowest BCUT2D eigenvalue weighted by molar-refractivity contribution is 0.00578. The Morgan fingerprint density at radius 2 is 1.30 bits per heavy atom. The van der Waals surface area contributed by atoms with Crippen molar-refractivity contribution in [3.63, 3.8) is 0 Å². The summed E-state index contributed by atoms with van der Waals surface area (Å²) in [7, 11) is -0.484. The summed E-state index contributed by atoms with van der Waals surface area (Å²) in [6.07, 6.45) is 6.17. The summed E-state index contributed by atoms with van der Waals surface area (Å²) in [6, 6.07) is 28.4. The van der Waals surface area contributed by atoms with Crippen LogP contribution >= 0.6 is 0 Å². The lowest BCUT2D eigenvalue weighted by Gasteiger charge is -2.32. The molecule has 0 radical (unpaired) electrons. The molecule has 0 amide bonds. The Labute approximate surface area is 272 Å². The average molecular weight is 618 g/mol. The Hall–Kier alpha value is -5.05. The van der Waals surface area contributed by atoms with E-state index in [1.54, 1.807) is 0 Å². The molecule has 0 unspecified atom stereocenters. The fourth-order valence-electron chi connectivity index (χ4n) is 6.63. The molecule has 0 saturated carbocycles. The maximum absolute atomic E-state index is 6.62. The first-order chi connectivity index (χ1) is 22.8. The molecule has 7 nitrogen and oxygen atoms in total. The minimum Gasteiger partial charge on any atom is -0.456 e. The Balaban J connectivity index is 1.22. The largest absolute Gasteiger partial charge is 0.494 e. The number of aryl methyl sites for hydroxylation is 1. The molecule has 7 aromatic rings. The molecule has 4 aromatic carbocycles. The first-order valence-corrected chi connectivity index (χ1v) is 16.1. The van der Waals surface area contributed by atoms with Gasteiger partial charge in [0.15, 0.2) is 17.5 Å². The molecule has 0 spiro atoms. The van der Waals surface area contributed by atoms with Crippen molar-refractivity contribution in [3.8, 4) is 34.2 Å². The molecule has 1 fully saturated rings. The van der Waals surface area contributed by atoms with Gasteiger partial charge in [0.1, 0.15) is 22.5 Å². The van der Waals surface area contributed by atoms with Crippen LogP contribution in [-0.2, 0) is 15.7 Å². The van der Waals surface area contributed by atoms with Crippen LogP contribution in [0.2, 0.25) is 0 Å². The van der Waals surface area contributed by atoms with Gasteiger partial charge in [-0.05, 0) is 70.3 Å². The number of allylic oxidation sites excluding steroid dienone is 1. The normalized spacial score (nSPS) is 16.8. The summed E-state index contributed by atoms with van der Waals surface area (Å²) in [6.45, 7) is 8.24. The van der Waals surface area contributed by atoms with Gasteiger partial charge in [0.05, 0.1) is 22.3 Å². The van der Waals surface area contributed by atoms with Crippen molar-refractivity contribution in [2.75, 3.05) is 0 Å². The molecule has 1 aliphatic carbocycles. The van der Waals surface area contributed by atoms with Gasteiger partial charge >= 0.3 is 7.12 Å². The van der Waals surface area contributed by atoms with Crippen molar-refractivity contribution in [1.82, 2.24) is 15.0 Å². The van der Waals surface area contributed by atoms with Gasteiger partial charge in [-0.2, -0.15) is 0 Å². The molecule has 0 atom stereocenters. The number of aromatic nitrogens is 3. The summed E-state index contributed by atoms with van der Waals surface area (Å²) in [4.78, 5) is 15.1. The Morgan fingerprint density at radius 1 is 0.638 bits per heavy atom. The van der Waals surface area contributed by atoms with Crippen LogP contribution in [0.5, 0.6) is 0 Å². The Kier molecular flexibility index (Phi) is 6.14. The number of rotatable bonds is 4. The van der Waals surface area contributed by atoms with Crippen molar-refractivity contribution < 1.29 is 18.1 Å². The third kappa shape index (κ3) is 4.47. The predicted octanol–water partition coefficient (Wildman–Crippen LogP) is 8.78. The summed E-state index contributed by atoms with van der Waals surface area (Å²) < 4.78 is 25.7. The Morgan fingerprint density at radius 3 is 2.02 bits per heavy atom. The number of benzene rings is 4. The SMILES string of the molecule is CC1(C)OB(c2ccc3c(c2)oc2c(-c4nc(-c5ccccc5)nc(-c5cccc6c7c(oc56)C=CCC7)n4)cccc23)OC1(C)C. The molecule has 4 heterocycles. The van der Waals surface area contributed by atoms with E-state index in [9.17, 15) is 0 Å². The van der Waals surface area contributed by atoms with Crippen molar-refractivity contribution in [2.24, 2.45) is 0 Å². The first kappa shape index (κ1) is 28.2. The third-order valence-electron chi connectivity index (χ3n) is 9.88. The van der Waals surface area contributed by atoms with Crippen LogP contribution in [0.15, 0.2) is 99.8 Å². The van der Waals surface area contributed by atoms with E-state index in [2.05, 4.69) is 70.2 Å². The lowest BCUT2D eigenvalue weighted by atomic mass is 9.79. The van der Waals surface area contributed by atoms with Crippen LogP contribution in [0.4, 0.5) is 0 Å². The lowest BCUT2D eigenvalue weighted by Crippen LogP contribution is -2.41. The molecule has 0 N–H and O–H groups in total. The molecule has 1 saturated heterocycles. The van der Waals surface area contributed by atoms with Crippen LogP contribution in [0.3, 0.4) is 0 Å². The summed E-state index contributed by atoms with van der Waals surface area (Å²) in [5.74, 6) is 2.56. The number of para-hydroxylation sites is 2. The minimum atomic E-state index is -0.484. The molecular formula is C39H32BN3O4. The van der Waals surface area contributed by atoms with Gasteiger partial charge < -0.3 is 18.1 Å². The minimum absolute atomic E-state index is 0.434. The van der Waals surface area contributed by atoms with E-state index in [-0.39, 0.29) is 0 Å². The summed E-state index contributed by atoms with van der Waals surface area (Å²) in [5, 5.41) is 3.08. The number of nitrogens with zero attached hydrogens (tertiary/aromatic N) is 3. The highest BCUT2D eigenvalue weighted by atomic mass is 16.7. The molecule has 2 aliphatic rings. The zero-order chi connectivity index (χ0) is 31.9. The number of hydrogen-bond acceptors (Lipinski definition) is 7. The van der Waals surface area contributed by atoms with Gasteiger partial charge in [-0.3, -0.25) is 0 Å². The second-order valence-electron chi connectivity index (χ2n) is 13.4. The molecule has 9 rings (SSSR count). The van der Waals surface area contributed by atoms with E-state index in [0.717, 1.165) is 68.1 Å². The van der Waals surface area contributed by atoms with Gasteiger partial charge in [0, 0.05) is 27.3 Å². The number of hydrogen-bond donors (Lipinski definition) is 0. The van der Waals surface area contributed by atoms with Crippen LogP contribution in [0.1, 0.15) is 45.4 Å². The maximum atomic E-state index is 6.62. The zero-order valence-corrected chi connectivity index (χ0v) is 26.7. The zero-order valence-electron chi connectivity index (χ0n) is 26.7. The van der Waals surface area contributed by atoms with Gasteiger partial charge in [0.25, 0.3) is 0 Å². The van der Waals surface area contributed by atoms with Gasteiger partial charge in [-0.25, -0.2) is 15.0 Å². The van der Waals surface area contributed by atoms with Gasteiger partial charge in [0.2, 0.25) is 0 Å². The topological polar surface area (TPSA) is 83.4 Å². The van der Waals surface area contributed by atoms with E-state index < -0.39 is 18.3 Å². The highest BCUT2D eigenvalue weighted by Gasteiger charge is 2.51. The smallest absolute Gasteiger partial charge is 0.456 e. The van der Waals surface area contributed by atoms with E-state index in [4.69, 9.17) is 33.1 Å². The third-order valence-corrected chi connectivity index (χ3v) is 9.88. The highest BCUT2D eigenvalue weighted by Crippen LogP contribution is 2.40. The number of fused-ring (bicyclic) bond motifs is 6. The molecule has 1 aliphatic heterocycles. The maximum Gasteiger partial charge on any atom is 0.494 e. The fraction of sp³-hybridized carbons (Fsp3) is 0.205. The van der Waals surface area contributed by atoms with Crippen LogP contribution in [0.25, 0.3) is 73.1 Å². The van der Waals surface area contributed by atoms with Crippen LogP contribution < -0.4 is 5.46 Å². The Bertz CT molecular complexity index is 2370. The van der Waals surface area contributed by atoms with E-state index >= 15 is 0 Å². The molecule has 0 bridgehead atoms. The molecular weight excluding hydrogens is 585 g/mol. The van der Waals surface area contributed by atoms with Crippen molar-refractivity contribution in [1.29, 1.82) is 0 Å². The van der Waals surface area contributed by atoms with E-state index in [0.29, 0.717) is 23.1 Å². The second-order valence-corrected chi connectivity index (χ2v) is 13.4. The van der Waals surface area contributed by atoms with Crippen molar-refractivity contribution in [2.45, 2.75) is 51.7 Å². The first-order valence-electron chi connectivity index (χ1n) is 16.1. The molecule has 230 valence electrons. The summed E-state index contributed by atoms with van der Waals surface area (Å²) in [5.41, 5.74) is 6.03. The predicted molar refractivity (Wildman–Crippen MR) is 186 cm³/mol. The van der Waals surface area contributed by atoms with Crippen molar-refractivity contribution >= 4 is 51.6 Å². The van der Waals surface area contributed by atoms with Gasteiger partial charge in [-0.15, -0.1) is 0 Å². The summed E-state index contributed by atoms with van der Waals surface area (Å²) >= 11 is 0. The second kappa shape index (κ2) is 10.2. The highest BCUT2D eigenvalue weighted by molar-refractivity contribution is 6.62. The average Bonchev–Trinajstić information content (AvgIpc) is 3.72. The van der Waals surface area contributed by atoms with Crippen LogP contribution in [0, 0.1) is 0 Å². The monoisotopic (exact) mass is 617 g/mol. The molecule has 8 heteroatoms. The quantitative estimate of drug-likeness (QED) is 0.183. The van der Waals surface area contributed by atoms with Crippen molar-refractivity contribution in [3.05, 3.63) is 102 Å². The van der Waals surface area contributed by atoms with Crippen LogP contribution in [-0.4, -0.2) is 33.3 Å². The fourth-order valence-corrected chi connectivity index (χ4v) is 6.63. The standard InChI is InChI=1S/C39H32BN3O4/c1-38(2)39(3,4)47-40(46-38)24-20-21-26-28-16-11-18-30(34(28)45-32(26)22-24)37-42-35(23-12-6-5-7-13-23)41-36(43-37)29-17-10-15-27-25-14-8-9-19-31(25)44-33(27)29/h5-7,9-13,15-22H,8,14H2,1-4H3.